The molecule has 162 valence electrons. The number of aryl methyl sites for hydroxylation is 1. The fraction of sp³-hybridized carbons (Fsp3) is 0.259. The van der Waals surface area contributed by atoms with Gasteiger partial charge in [0.15, 0.2) is 0 Å². The maximum Gasteiger partial charge on any atom is 0.264 e. The average molecular weight is 443 g/mol. The molecule has 0 saturated heterocycles. The molecule has 5 heteroatoms. The maximum absolute atomic E-state index is 14.1. The molecule has 0 amide bonds. The van der Waals surface area contributed by atoms with E-state index in [4.69, 9.17) is 0 Å². The Balaban J connectivity index is 1.65. The Labute approximate surface area is 189 Å². The van der Waals surface area contributed by atoms with Gasteiger partial charge >= 0.3 is 0 Å². The molecule has 1 aliphatic heterocycles. The maximum atomic E-state index is 14.1. The first-order valence-corrected chi connectivity index (χ1v) is 12.8. The molecule has 4 aromatic rings. The molecule has 32 heavy (non-hydrogen) atoms. The lowest BCUT2D eigenvalue weighted by Gasteiger charge is -2.40. The van der Waals surface area contributed by atoms with Crippen LogP contribution in [0.25, 0.3) is 22.2 Å². The molecular formula is C27H26N2O2S. The summed E-state index contributed by atoms with van der Waals surface area (Å²) >= 11 is 0. The van der Waals surface area contributed by atoms with Crippen LogP contribution in [0.15, 0.2) is 83.8 Å². The minimum absolute atomic E-state index is 0.103. The molecule has 2 aliphatic rings. The number of hydrogen-bond acceptors (Lipinski definition) is 2. The molecule has 2 heterocycles. The highest BCUT2D eigenvalue weighted by Crippen LogP contribution is 2.48. The first kappa shape index (κ1) is 19.6. The van der Waals surface area contributed by atoms with Crippen molar-refractivity contribution in [1.82, 2.24) is 4.57 Å². The summed E-state index contributed by atoms with van der Waals surface area (Å²) in [6.07, 6.45) is 3.99. The van der Waals surface area contributed by atoms with Gasteiger partial charge in [-0.25, -0.2) is 8.42 Å². The molecule has 0 N–H and O–H groups in total. The highest BCUT2D eigenvalue weighted by molar-refractivity contribution is 7.92. The molecule has 0 spiro atoms. The third-order valence-electron chi connectivity index (χ3n) is 7.07. The Morgan fingerprint density at radius 1 is 0.812 bits per heavy atom. The summed E-state index contributed by atoms with van der Waals surface area (Å²) in [5.41, 5.74) is 5.11. The van der Waals surface area contributed by atoms with E-state index >= 15 is 0 Å². The highest BCUT2D eigenvalue weighted by atomic mass is 32.2. The van der Waals surface area contributed by atoms with Crippen molar-refractivity contribution in [3.05, 3.63) is 84.4 Å². The zero-order chi connectivity index (χ0) is 21.9. The number of rotatable bonds is 2. The third kappa shape index (κ3) is 2.84. The zero-order valence-corrected chi connectivity index (χ0v) is 18.9. The predicted octanol–water partition coefficient (Wildman–Crippen LogP) is 6.31. The molecule has 2 atom stereocenters. The van der Waals surface area contributed by atoms with Crippen molar-refractivity contribution >= 4 is 26.6 Å². The summed E-state index contributed by atoms with van der Waals surface area (Å²) in [4.78, 5) is 0.360. The van der Waals surface area contributed by atoms with E-state index in [1.54, 1.807) is 16.4 Å². The number of fused-ring (bicyclic) bond motifs is 7. The van der Waals surface area contributed by atoms with Crippen molar-refractivity contribution in [2.75, 3.05) is 4.31 Å². The van der Waals surface area contributed by atoms with Crippen molar-refractivity contribution in [2.45, 2.75) is 49.6 Å². The average Bonchev–Trinajstić information content (AvgIpc) is 3.14. The van der Waals surface area contributed by atoms with Crippen molar-refractivity contribution in [1.29, 1.82) is 0 Å². The van der Waals surface area contributed by atoms with Gasteiger partial charge in [0.1, 0.15) is 0 Å². The zero-order valence-electron chi connectivity index (χ0n) is 18.1. The number of nitrogens with zero attached hydrogens (tertiary/aromatic N) is 2. The van der Waals surface area contributed by atoms with Gasteiger partial charge in [-0.15, -0.1) is 0 Å². The second-order valence-electron chi connectivity index (χ2n) is 9.01. The van der Waals surface area contributed by atoms with E-state index in [0.29, 0.717) is 4.90 Å². The molecule has 4 nitrogen and oxygen atoms in total. The Bertz CT molecular complexity index is 1420. The Kier molecular flexibility index (Phi) is 4.44. The van der Waals surface area contributed by atoms with Gasteiger partial charge in [0.2, 0.25) is 0 Å². The van der Waals surface area contributed by atoms with Gasteiger partial charge in [0.25, 0.3) is 10.0 Å². The standard InChI is InChI=1S/C27H26N2O2S/c1-19-14-16-21(17-15-19)32(30,31)29-24-11-5-3-9-22(24)27-18-20-8-2-4-10-23(20)28(27)25-12-6-7-13-26(25)29/h2-5,8-11,14-18,25-26H,6-7,12-13H2,1H3. The van der Waals surface area contributed by atoms with Gasteiger partial charge in [-0.2, -0.15) is 0 Å². The second kappa shape index (κ2) is 7.24. The minimum Gasteiger partial charge on any atom is -0.335 e. The molecule has 1 aliphatic carbocycles. The van der Waals surface area contributed by atoms with Gasteiger partial charge in [-0.3, -0.25) is 4.31 Å². The van der Waals surface area contributed by atoms with Crippen LogP contribution in [0.2, 0.25) is 0 Å². The number of benzene rings is 3. The lowest BCUT2D eigenvalue weighted by Crippen LogP contribution is -2.46. The summed E-state index contributed by atoms with van der Waals surface area (Å²) in [6, 6.07) is 25.9. The molecule has 3 aromatic carbocycles. The first-order chi connectivity index (χ1) is 15.6. The van der Waals surface area contributed by atoms with E-state index in [9.17, 15) is 8.42 Å². The molecule has 6 rings (SSSR count). The summed E-state index contributed by atoms with van der Waals surface area (Å²) < 4.78 is 32.4. The van der Waals surface area contributed by atoms with Crippen molar-refractivity contribution in [3.63, 3.8) is 0 Å². The fourth-order valence-corrected chi connectivity index (χ4v) is 7.33. The van der Waals surface area contributed by atoms with Crippen LogP contribution in [-0.2, 0) is 10.0 Å². The highest BCUT2D eigenvalue weighted by Gasteiger charge is 2.43. The van der Waals surface area contributed by atoms with Crippen LogP contribution in [0.4, 0.5) is 5.69 Å². The van der Waals surface area contributed by atoms with Crippen LogP contribution in [0, 0.1) is 6.92 Å². The summed E-state index contributed by atoms with van der Waals surface area (Å²) in [6.45, 7) is 1.98. The third-order valence-corrected chi connectivity index (χ3v) is 8.92. The smallest absolute Gasteiger partial charge is 0.264 e. The topological polar surface area (TPSA) is 42.3 Å². The number of hydrogen-bond donors (Lipinski definition) is 0. The van der Waals surface area contributed by atoms with E-state index in [1.165, 1.54) is 10.9 Å². The number of para-hydroxylation sites is 2. The predicted molar refractivity (Wildman–Crippen MR) is 130 cm³/mol. The van der Waals surface area contributed by atoms with Gasteiger partial charge < -0.3 is 4.57 Å². The van der Waals surface area contributed by atoms with E-state index in [0.717, 1.165) is 48.2 Å². The summed E-state index contributed by atoms with van der Waals surface area (Å²) in [7, 11) is -3.71. The van der Waals surface area contributed by atoms with Gasteiger partial charge in [0.05, 0.1) is 28.4 Å². The van der Waals surface area contributed by atoms with E-state index < -0.39 is 10.0 Å². The minimum atomic E-state index is -3.71. The van der Waals surface area contributed by atoms with Gasteiger partial charge in [0, 0.05) is 16.5 Å². The number of aromatic nitrogens is 1. The largest absolute Gasteiger partial charge is 0.335 e. The van der Waals surface area contributed by atoms with Crippen LogP contribution in [-0.4, -0.2) is 19.0 Å². The van der Waals surface area contributed by atoms with Crippen molar-refractivity contribution in [3.8, 4) is 11.3 Å². The van der Waals surface area contributed by atoms with Gasteiger partial charge in [-0.1, -0.05) is 66.9 Å². The van der Waals surface area contributed by atoms with Crippen LogP contribution >= 0.6 is 0 Å². The first-order valence-electron chi connectivity index (χ1n) is 11.4. The van der Waals surface area contributed by atoms with Crippen LogP contribution < -0.4 is 4.31 Å². The van der Waals surface area contributed by atoms with E-state index in [1.807, 2.05) is 37.3 Å². The van der Waals surface area contributed by atoms with E-state index in [2.05, 4.69) is 41.0 Å². The molecule has 2 unspecified atom stereocenters. The molecule has 0 radical (unpaired) electrons. The van der Waals surface area contributed by atoms with Crippen LogP contribution in [0.1, 0.15) is 37.3 Å². The quantitative estimate of drug-likeness (QED) is 0.365. The van der Waals surface area contributed by atoms with Crippen molar-refractivity contribution < 1.29 is 8.42 Å². The lowest BCUT2D eigenvalue weighted by atomic mass is 9.90. The monoisotopic (exact) mass is 442 g/mol. The molecule has 0 bridgehead atoms. The second-order valence-corrected chi connectivity index (χ2v) is 10.8. The van der Waals surface area contributed by atoms with E-state index in [-0.39, 0.29) is 12.1 Å². The van der Waals surface area contributed by atoms with Crippen LogP contribution in [0.5, 0.6) is 0 Å². The Hall–Kier alpha value is -3.05. The molecule has 1 aromatic heterocycles. The Morgan fingerprint density at radius 3 is 2.31 bits per heavy atom. The molecular weight excluding hydrogens is 416 g/mol. The summed E-state index contributed by atoms with van der Waals surface area (Å²) in [5.74, 6) is 0. The number of sulfonamides is 1. The summed E-state index contributed by atoms with van der Waals surface area (Å²) in [5, 5.41) is 1.21. The van der Waals surface area contributed by atoms with Crippen molar-refractivity contribution in [2.24, 2.45) is 0 Å². The molecule has 1 saturated carbocycles. The normalized spacial score (nSPS) is 20.3. The lowest BCUT2D eigenvalue weighted by molar-refractivity contribution is 0.318. The number of anilines is 1. The SMILES string of the molecule is Cc1ccc(S(=O)(=O)N2c3ccccc3-c3cc4ccccc4n3C3CCCCC32)cc1. The van der Waals surface area contributed by atoms with Gasteiger partial charge in [-0.05, 0) is 50.1 Å². The van der Waals surface area contributed by atoms with Crippen LogP contribution in [0.3, 0.4) is 0 Å². The Morgan fingerprint density at radius 2 is 1.50 bits per heavy atom. The fourth-order valence-electron chi connectivity index (χ4n) is 5.60. The molecule has 1 fully saturated rings.